The lowest BCUT2D eigenvalue weighted by molar-refractivity contribution is -0.180. The van der Waals surface area contributed by atoms with Gasteiger partial charge in [0.2, 0.25) is 0 Å². The van der Waals surface area contributed by atoms with Gasteiger partial charge in [0.05, 0.1) is 13.2 Å². The number of nitrogens with zero attached hydrogens (tertiary/aromatic N) is 1. The highest BCUT2D eigenvalue weighted by Gasteiger charge is 2.65. The Morgan fingerprint density at radius 1 is 1.37 bits per heavy atom. The van der Waals surface area contributed by atoms with Crippen LogP contribution >= 0.6 is 0 Å². The predicted molar refractivity (Wildman–Crippen MR) is 96.2 cm³/mol. The molecule has 7 heteroatoms. The number of aliphatic hydroxyl groups is 1. The minimum absolute atomic E-state index is 0.0499. The largest absolute Gasteiger partial charge is 0.448 e. The van der Waals surface area contributed by atoms with E-state index in [9.17, 15) is 19.5 Å². The number of hydrogen-bond donors (Lipinski definition) is 1. The van der Waals surface area contributed by atoms with Gasteiger partial charge in [0.1, 0.15) is 5.60 Å². The van der Waals surface area contributed by atoms with Gasteiger partial charge in [-0.05, 0) is 45.1 Å². The summed E-state index contributed by atoms with van der Waals surface area (Å²) in [5.74, 6) is -1.13. The molecule has 0 aromatic heterocycles. The summed E-state index contributed by atoms with van der Waals surface area (Å²) < 4.78 is 4.99. The van der Waals surface area contributed by atoms with Crippen LogP contribution in [0, 0.1) is 17.3 Å². The molecule has 7 nitrogen and oxygen atoms in total. The number of rotatable bonds is 3. The van der Waals surface area contributed by atoms with Crippen LogP contribution < -0.4 is 0 Å². The number of ether oxygens (including phenoxy) is 1. The van der Waals surface area contributed by atoms with Gasteiger partial charge < -0.3 is 14.7 Å². The Kier molecular flexibility index (Phi) is 4.70. The zero-order chi connectivity index (χ0) is 20.1. The number of allylic oxidation sites excluding steroid dienone is 1. The molecule has 0 bridgehead atoms. The number of hydroxylamine groups is 2. The van der Waals surface area contributed by atoms with Gasteiger partial charge in [-0.15, -0.1) is 5.06 Å². The zero-order valence-corrected chi connectivity index (χ0v) is 16.5. The van der Waals surface area contributed by atoms with Crippen LogP contribution in [0.25, 0.3) is 0 Å². The van der Waals surface area contributed by atoms with E-state index in [0.717, 1.165) is 29.1 Å². The van der Waals surface area contributed by atoms with Crippen LogP contribution in [0.5, 0.6) is 0 Å². The molecule has 0 heterocycles. The van der Waals surface area contributed by atoms with E-state index in [0.29, 0.717) is 5.57 Å². The molecule has 1 saturated carbocycles. The van der Waals surface area contributed by atoms with Crippen LogP contribution in [0.1, 0.15) is 47.5 Å². The lowest BCUT2D eigenvalue weighted by atomic mass is 9.66. The van der Waals surface area contributed by atoms with Crippen molar-refractivity contribution in [1.29, 1.82) is 0 Å². The summed E-state index contributed by atoms with van der Waals surface area (Å²) in [7, 11) is 0. The summed E-state index contributed by atoms with van der Waals surface area (Å²) in [6.07, 6.45) is 2.65. The average molecular weight is 377 g/mol. The quantitative estimate of drug-likeness (QED) is 0.760. The average Bonchev–Trinajstić information content (AvgIpc) is 3.33. The van der Waals surface area contributed by atoms with Crippen LogP contribution in [-0.2, 0) is 19.2 Å². The van der Waals surface area contributed by atoms with E-state index < -0.39 is 23.1 Å². The molecular formula is C20H27NO6. The van der Waals surface area contributed by atoms with Gasteiger partial charge in [-0.25, -0.2) is 4.79 Å². The van der Waals surface area contributed by atoms with Crippen molar-refractivity contribution < 1.29 is 29.1 Å². The van der Waals surface area contributed by atoms with E-state index in [1.165, 1.54) is 6.92 Å². The fourth-order valence-electron chi connectivity index (χ4n) is 4.63. The summed E-state index contributed by atoms with van der Waals surface area (Å²) >= 11 is 0. The highest BCUT2D eigenvalue weighted by Crippen LogP contribution is 2.65. The van der Waals surface area contributed by atoms with Crippen molar-refractivity contribution in [3.8, 4) is 0 Å². The molecule has 148 valence electrons. The number of carbonyl (C=O) groups excluding carboxylic acids is 3. The Morgan fingerprint density at radius 2 is 2.00 bits per heavy atom. The molecule has 1 fully saturated rings. The topological polar surface area (TPSA) is 93.1 Å². The lowest BCUT2D eigenvalue weighted by Gasteiger charge is -2.40. The number of amides is 1. The minimum Gasteiger partial charge on any atom is -0.448 e. The first-order chi connectivity index (χ1) is 12.6. The van der Waals surface area contributed by atoms with E-state index in [1.54, 1.807) is 13.8 Å². The van der Waals surface area contributed by atoms with Gasteiger partial charge in [-0.2, -0.15) is 0 Å². The third-order valence-electron chi connectivity index (χ3n) is 6.29. The van der Waals surface area contributed by atoms with Gasteiger partial charge in [0.15, 0.2) is 5.78 Å². The van der Waals surface area contributed by atoms with Crippen LogP contribution in [0.2, 0.25) is 0 Å². The van der Waals surface area contributed by atoms with Gasteiger partial charge >= 0.3 is 12.1 Å². The van der Waals surface area contributed by atoms with Crippen LogP contribution in [-0.4, -0.2) is 46.8 Å². The minimum atomic E-state index is -1.41. The van der Waals surface area contributed by atoms with Crippen molar-refractivity contribution in [2.75, 3.05) is 13.2 Å². The number of hydrogen-bond acceptors (Lipinski definition) is 6. The molecule has 3 rings (SSSR count). The first-order valence-electron chi connectivity index (χ1n) is 9.40. The Labute approximate surface area is 158 Å². The SMILES string of the molecule is CCOC(=O)N(CC1C2=C(C)C3(CC3)[C@@](C)(O)C(=O)C2=CC1C)OC(C)=O. The van der Waals surface area contributed by atoms with E-state index >= 15 is 0 Å². The maximum absolute atomic E-state index is 13.0. The Morgan fingerprint density at radius 3 is 2.52 bits per heavy atom. The molecule has 0 aromatic rings. The third-order valence-corrected chi connectivity index (χ3v) is 6.29. The lowest BCUT2D eigenvalue weighted by Crippen LogP contribution is -2.50. The van der Waals surface area contributed by atoms with Crippen molar-refractivity contribution in [2.45, 2.75) is 53.1 Å². The summed E-state index contributed by atoms with van der Waals surface area (Å²) in [6.45, 7) is 8.67. The number of fused-ring (bicyclic) bond motifs is 1. The van der Waals surface area contributed by atoms with Crippen molar-refractivity contribution in [3.05, 3.63) is 22.8 Å². The van der Waals surface area contributed by atoms with E-state index in [-0.39, 0.29) is 30.8 Å². The Hall–Kier alpha value is -2.15. The second kappa shape index (κ2) is 6.48. The fraction of sp³-hybridized carbons (Fsp3) is 0.650. The monoisotopic (exact) mass is 377 g/mol. The molecule has 0 radical (unpaired) electrons. The number of carbonyl (C=O) groups is 3. The zero-order valence-electron chi connectivity index (χ0n) is 16.5. The van der Waals surface area contributed by atoms with Crippen LogP contribution in [0.3, 0.4) is 0 Å². The molecule has 0 aromatic carbocycles. The molecule has 1 N–H and O–H groups in total. The van der Waals surface area contributed by atoms with Crippen molar-refractivity contribution >= 4 is 17.8 Å². The van der Waals surface area contributed by atoms with E-state index in [2.05, 4.69) is 0 Å². The highest BCUT2D eigenvalue weighted by atomic mass is 16.7. The van der Waals surface area contributed by atoms with E-state index in [4.69, 9.17) is 9.57 Å². The molecular weight excluding hydrogens is 350 g/mol. The number of Topliss-reactive ketones (excluding diaryl/α,β-unsaturated/α-hetero) is 1. The first-order valence-corrected chi connectivity index (χ1v) is 9.40. The van der Waals surface area contributed by atoms with Gasteiger partial charge in [-0.1, -0.05) is 18.6 Å². The standard InChI is InChI=1S/C20H27NO6/c1-6-26-18(24)21(27-13(4)22)10-15-11(2)9-14-16(15)12(3)20(7-8-20)19(5,25)17(14)23/h9,11,15,25H,6-8,10H2,1-5H3/t11?,15?,19-/m0/s1. The van der Waals surface area contributed by atoms with Gasteiger partial charge in [0.25, 0.3) is 0 Å². The molecule has 3 aliphatic carbocycles. The predicted octanol–water partition coefficient (Wildman–Crippen LogP) is 2.55. The summed E-state index contributed by atoms with van der Waals surface area (Å²) in [5, 5.41) is 11.8. The van der Waals surface area contributed by atoms with Crippen molar-refractivity contribution in [2.24, 2.45) is 17.3 Å². The molecule has 0 aliphatic heterocycles. The molecule has 1 amide bonds. The highest BCUT2D eigenvalue weighted by molar-refractivity contribution is 6.09. The third kappa shape index (κ3) is 2.88. The molecule has 3 atom stereocenters. The van der Waals surface area contributed by atoms with E-state index in [1.807, 2.05) is 19.9 Å². The van der Waals surface area contributed by atoms with Crippen molar-refractivity contribution in [1.82, 2.24) is 5.06 Å². The smallest absolute Gasteiger partial charge is 0.443 e. The van der Waals surface area contributed by atoms with Crippen LogP contribution in [0.4, 0.5) is 4.79 Å². The van der Waals surface area contributed by atoms with Gasteiger partial charge in [-0.3, -0.25) is 9.59 Å². The molecule has 1 spiro atoms. The molecule has 27 heavy (non-hydrogen) atoms. The number of ketones is 1. The van der Waals surface area contributed by atoms with Gasteiger partial charge in [0, 0.05) is 23.8 Å². The molecule has 2 unspecified atom stereocenters. The van der Waals surface area contributed by atoms with Crippen molar-refractivity contribution in [3.63, 3.8) is 0 Å². The summed E-state index contributed by atoms with van der Waals surface area (Å²) in [4.78, 5) is 41.7. The second-order valence-electron chi connectivity index (χ2n) is 7.91. The Bertz CT molecular complexity index is 758. The summed E-state index contributed by atoms with van der Waals surface area (Å²) in [5.41, 5.74) is 0.476. The second-order valence-corrected chi connectivity index (χ2v) is 7.91. The molecule has 0 saturated heterocycles. The maximum atomic E-state index is 13.0. The maximum Gasteiger partial charge on any atom is 0.443 e. The fourth-order valence-corrected chi connectivity index (χ4v) is 4.63. The normalized spacial score (nSPS) is 30.7. The Balaban J connectivity index is 1.97. The molecule has 3 aliphatic rings. The first kappa shape index (κ1) is 19.6. The van der Waals surface area contributed by atoms with Crippen LogP contribution in [0.15, 0.2) is 22.8 Å². The summed E-state index contributed by atoms with van der Waals surface area (Å²) in [6, 6.07) is 0.